The van der Waals surface area contributed by atoms with Gasteiger partial charge < -0.3 is 0 Å². The smallest absolute Gasteiger partial charge is 0.0285 e. The first-order chi connectivity index (χ1) is 9.79. The first-order valence-electron chi connectivity index (χ1n) is 8.43. The Hall–Kier alpha value is -0.300. The second-order valence-electron chi connectivity index (χ2n) is 6.00. The lowest BCUT2D eigenvalue weighted by Crippen LogP contribution is -1.98. The number of unbranched alkanes of at least 4 members (excludes halogenated alkanes) is 7. The van der Waals surface area contributed by atoms with Crippen molar-refractivity contribution in [2.24, 2.45) is 0 Å². The normalized spacial score (nSPS) is 12.6. The van der Waals surface area contributed by atoms with Gasteiger partial charge in [-0.2, -0.15) is 0 Å². The lowest BCUT2D eigenvalue weighted by Gasteiger charge is -2.15. The second kappa shape index (κ2) is 11.4. The van der Waals surface area contributed by atoms with Crippen molar-refractivity contribution in [1.29, 1.82) is 0 Å². The first kappa shape index (κ1) is 17.8. The molecule has 0 aromatic heterocycles. The fourth-order valence-corrected chi connectivity index (χ4v) is 3.39. The molecule has 20 heavy (non-hydrogen) atoms. The van der Waals surface area contributed by atoms with Crippen LogP contribution in [-0.4, -0.2) is 0 Å². The number of benzene rings is 1. The van der Waals surface area contributed by atoms with Crippen LogP contribution in [0.1, 0.15) is 88.7 Å². The van der Waals surface area contributed by atoms with E-state index in [1.54, 1.807) is 0 Å². The molecule has 1 aromatic rings. The fourth-order valence-electron chi connectivity index (χ4n) is 2.88. The minimum atomic E-state index is 0.698. The van der Waals surface area contributed by atoms with Crippen LogP contribution in [0.2, 0.25) is 0 Å². The molecule has 0 nitrogen and oxygen atoms in total. The van der Waals surface area contributed by atoms with Crippen LogP contribution in [0.4, 0.5) is 0 Å². The Balaban J connectivity index is 2.15. The molecule has 0 fully saturated rings. The average Bonchev–Trinajstić information content (AvgIpc) is 2.49. The summed E-state index contributed by atoms with van der Waals surface area (Å²) in [6.07, 6.45) is 12.6. The van der Waals surface area contributed by atoms with E-state index in [9.17, 15) is 0 Å². The molecule has 114 valence electrons. The summed E-state index contributed by atoms with van der Waals surface area (Å²) >= 11 is 3.60. The zero-order valence-corrected chi connectivity index (χ0v) is 14.9. The standard InChI is InChI=1S/C19H31Br/c1-3-4-5-6-7-8-9-10-13-17(2)19-15-12-11-14-18(19)16-20/h11-12,14-15,17H,3-10,13,16H2,1-2H3. The highest BCUT2D eigenvalue weighted by Crippen LogP contribution is 2.26. The molecule has 0 aliphatic heterocycles. The first-order valence-corrected chi connectivity index (χ1v) is 9.55. The van der Waals surface area contributed by atoms with Crippen LogP contribution < -0.4 is 0 Å². The van der Waals surface area contributed by atoms with Gasteiger partial charge in [-0.05, 0) is 23.5 Å². The van der Waals surface area contributed by atoms with Crippen LogP contribution in [-0.2, 0) is 5.33 Å². The van der Waals surface area contributed by atoms with Crippen molar-refractivity contribution < 1.29 is 0 Å². The summed E-state index contributed by atoms with van der Waals surface area (Å²) < 4.78 is 0. The summed E-state index contributed by atoms with van der Waals surface area (Å²) in [6, 6.07) is 8.86. The molecule has 1 rings (SSSR count). The zero-order valence-electron chi connectivity index (χ0n) is 13.3. The molecule has 0 saturated heterocycles. The number of hydrogen-bond acceptors (Lipinski definition) is 0. The minimum absolute atomic E-state index is 0.698. The lowest BCUT2D eigenvalue weighted by molar-refractivity contribution is 0.543. The molecule has 1 unspecified atom stereocenters. The van der Waals surface area contributed by atoms with Crippen LogP contribution >= 0.6 is 15.9 Å². The second-order valence-corrected chi connectivity index (χ2v) is 6.56. The highest BCUT2D eigenvalue weighted by molar-refractivity contribution is 9.08. The summed E-state index contributed by atoms with van der Waals surface area (Å²) in [5, 5.41) is 0.977. The van der Waals surface area contributed by atoms with Gasteiger partial charge in [0.25, 0.3) is 0 Å². The Morgan fingerprint density at radius 1 is 0.900 bits per heavy atom. The Bertz CT molecular complexity index is 345. The van der Waals surface area contributed by atoms with Gasteiger partial charge in [0.2, 0.25) is 0 Å². The maximum absolute atomic E-state index is 3.60. The van der Waals surface area contributed by atoms with E-state index >= 15 is 0 Å². The van der Waals surface area contributed by atoms with Crippen molar-refractivity contribution in [3.63, 3.8) is 0 Å². The number of rotatable bonds is 11. The fraction of sp³-hybridized carbons (Fsp3) is 0.684. The van der Waals surface area contributed by atoms with Gasteiger partial charge in [-0.15, -0.1) is 0 Å². The number of halogens is 1. The summed E-state index contributed by atoms with van der Waals surface area (Å²) in [7, 11) is 0. The molecule has 0 radical (unpaired) electrons. The molecule has 0 spiro atoms. The predicted octanol–water partition coefficient (Wildman–Crippen LogP) is 7.22. The molecule has 1 heteroatoms. The third-order valence-electron chi connectivity index (χ3n) is 4.22. The van der Waals surface area contributed by atoms with Crippen molar-refractivity contribution in [1.82, 2.24) is 0 Å². The molecule has 0 aliphatic carbocycles. The molecular formula is C19H31Br. The third kappa shape index (κ3) is 6.92. The monoisotopic (exact) mass is 338 g/mol. The van der Waals surface area contributed by atoms with E-state index < -0.39 is 0 Å². The van der Waals surface area contributed by atoms with E-state index in [2.05, 4.69) is 54.0 Å². The third-order valence-corrected chi connectivity index (χ3v) is 4.82. The van der Waals surface area contributed by atoms with Gasteiger partial charge in [-0.3, -0.25) is 0 Å². The van der Waals surface area contributed by atoms with Gasteiger partial charge in [0.15, 0.2) is 0 Å². The topological polar surface area (TPSA) is 0 Å². The SMILES string of the molecule is CCCCCCCCCCC(C)c1ccccc1CBr. The Morgan fingerprint density at radius 3 is 2.15 bits per heavy atom. The van der Waals surface area contributed by atoms with E-state index in [0.29, 0.717) is 5.92 Å². The molecule has 1 atom stereocenters. The Morgan fingerprint density at radius 2 is 1.50 bits per heavy atom. The van der Waals surface area contributed by atoms with Crippen LogP contribution in [0.3, 0.4) is 0 Å². The number of hydrogen-bond donors (Lipinski definition) is 0. The maximum atomic E-state index is 3.60. The van der Waals surface area contributed by atoms with Crippen LogP contribution in [0, 0.1) is 0 Å². The summed E-state index contributed by atoms with van der Waals surface area (Å²) in [6.45, 7) is 4.66. The van der Waals surface area contributed by atoms with Crippen molar-refractivity contribution in [2.45, 2.75) is 82.9 Å². The molecule has 0 heterocycles. The minimum Gasteiger partial charge on any atom is -0.0876 e. The van der Waals surface area contributed by atoms with E-state index in [4.69, 9.17) is 0 Å². The van der Waals surface area contributed by atoms with Crippen LogP contribution in [0.15, 0.2) is 24.3 Å². The Kier molecular flexibility index (Phi) is 10.1. The molecular weight excluding hydrogens is 308 g/mol. The molecule has 0 saturated carbocycles. The largest absolute Gasteiger partial charge is 0.0876 e. The van der Waals surface area contributed by atoms with E-state index in [1.807, 2.05) is 0 Å². The highest BCUT2D eigenvalue weighted by atomic mass is 79.9. The summed E-state index contributed by atoms with van der Waals surface area (Å²) in [4.78, 5) is 0. The molecule has 0 aliphatic rings. The van der Waals surface area contributed by atoms with Crippen molar-refractivity contribution >= 4 is 15.9 Å². The van der Waals surface area contributed by atoms with E-state index in [0.717, 1.165) is 5.33 Å². The molecule has 0 N–H and O–H groups in total. The van der Waals surface area contributed by atoms with Crippen molar-refractivity contribution in [3.8, 4) is 0 Å². The van der Waals surface area contributed by atoms with Gasteiger partial charge in [-0.1, -0.05) is 105 Å². The van der Waals surface area contributed by atoms with Gasteiger partial charge in [0.1, 0.15) is 0 Å². The summed E-state index contributed by atoms with van der Waals surface area (Å²) in [5.74, 6) is 0.698. The van der Waals surface area contributed by atoms with Crippen molar-refractivity contribution in [3.05, 3.63) is 35.4 Å². The maximum Gasteiger partial charge on any atom is 0.0285 e. The number of alkyl halides is 1. The zero-order chi connectivity index (χ0) is 14.6. The summed E-state index contributed by atoms with van der Waals surface area (Å²) in [5.41, 5.74) is 2.99. The Labute approximate surface area is 134 Å². The average molecular weight is 339 g/mol. The van der Waals surface area contributed by atoms with Gasteiger partial charge in [0.05, 0.1) is 0 Å². The highest BCUT2D eigenvalue weighted by Gasteiger charge is 2.08. The molecule has 0 amide bonds. The molecule has 0 bridgehead atoms. The van der Waals surface area contributed by atoms with Crippen LogP contribution in [0.25, 0.3) is 0 Å². The lowest BCUT2D eigenvalue weighted by atomic mass is 9.91. The van der Waals surface area contributed by atoms with E-state index in [-0.39, 0.29) is 0 Å². The van der Waals surface area contributed by atoms with Gasteiger partial charge in [0, 0.05) is 5.33 Å². The van der Waals surface area contributed by atoms with Crippen LogP contribution in [0.5, 0.6) is 0 Å². The quantitative estimate of drug-likeness (QED) is 0.295. The van der Waals surface area contributed by atoms with Gasteiger partial charge in [-0.25, -0.2) is 0 Å². The molecule has 1 aromatic carbocycles. The predicted molar refractivity (Wildman–Crippen MR) is 94.7 cm³/mol. The van der Waals surface area contributed by atoms with Gasteiger partial charge >= 0.3 is 0 Å². The van der Waals surface area contributed by atoms with Crippen molar-refractivity contribution in [2.75, 3.05) is 0 Å². The van der Waals surface area contributed by atoms with E-state index in [1.165, 1.54) is 68.9 Å².